The van der Waals surface area contributed by atoms with Crippen molar-refractivity contribution in [2.24, 2.45) is 0 Å². The molecular weight excluding hydrogens is 340 g/mol. The van der Waals surface area contributed by atoms with E-state index in [1.54, 1.807) is 6.07 Å². The van der Waals surface area contributed by atoms with Crippen molar-refractivity contribution in [3.63, 3.8) is 0 Å². The molecule has 1 heterocycles. The van der Waals surface area contributed by atoms with Crippen molar-refractivity contribution in [3.05, 3.63) is 39.8 Å². The van der Waals surface area contributed by atoms with Crippen LogP contribution in [0.1, 0.15) is 24.4 Å². The summed E-state index contributed by atoms with van der Waals surface area (Å²) in [5.41, 5.74) is 0.824. The van der Waals surface area contributed by atoms with Crippen molar-refractivity contribution in [2.45, 2.75) is 18.9 Å². The van der Waals surface area contributed by atoms with E-state index in [0.29, 0.717) is 9.50 Å². The van der Waals surface area contributed by atoms with Crippen molar-refractivity contribution in [1.82, 2.24) is 10.2 Å². The van der Waals surface area contributed by atoms with Gasteiger partial charge in [-0.2, -0.15) is 0 Å². The Morgan fingerprint density at radius 3 is 2.80 bits per heavy atom. The fourth-order valence-electron chi connectivity index (χ4n) is 2.65. The van der Waals surface area contributed by atoms with E-state index in [4.69, 9.17) is 11.6 Å². The van der Waals surface area contributed by atoms with Crippen molar-refractivity contribution < 1.29 is 5.11 Å². The van der Waals surface area contributed by atoms with E-state index in [1.807, 2.05) is 12.1 Å². The number of phenols is 1. The lowest BCUT2D eigenvalue weighted by molar-refractivity contribution is 0.163. The smallest absolute Gasteiger partial charge is 0.136 e. The van der Waals surface area contributed by atoms with Gasteiger partial charge in [-0.25, -0.2) is 0 Å². The van der Waals surface area contributed by atoms with Crippen LogP contribution in [0.4, 0.5) is 0 Å². The minimum atomic E-state index is 0.125. The molecule has 0 aliphatic carbocycles. The summed E-state index contributed by atoms with van der Waals surface area (Å²) in [5, 5.41) is 14.4. The SMILES string of the molecule is C=CCC[C@@H](c1c(Cl)ccc(Br)c1O)N1CCNCC1. The Labute approximate surface area is 133 Å². The number of nitrogens with zero attached hydrogens (tertiary/aromatic N) is 1. The number of hydrogen-bond acceptors (Lipinski definition) is 3. The third kappa shape index (κ3) is 3.55. The van der Waals surface area contributed by atoms with Crippen molar-refractivity contribution >= 4 is 27.5 Å². The summed E-state index contributed by atoms with van der Waals surface area (Å²) in [6, 6.07) is 3.74. The average molecular weight is 360 g/mol. The predicted molar refractivity (Wildman–Crippen MR) is 87.4 cm³/mol. The van der Waals surface area contributed by atoms with Gasteiger partial charge in [-0.3, -0.25) is 4.90 Å². The highest BCUT2D eigenvalue weighted by Gasteiger charge is 2.26. The molecule has 1 fully saturated rings. The number of hydrogen-bond donors (Lipinski definition) is 2. The highest BCUT2D eigenvalue weighted by atomic mass is 79.9. The van der Waals surface area contributed by atoms with Gasteiger partial charge in [0.25, 0.3) is 0 Å². The summed E-state index contributed by atoms with van der Waals surface area (Å²) in [7, 11) is 0. The highest BCUT2D eigenvalue weighted by molar-refractivity contribution is 9.10. The molecule has 0 amide bonds. The fourth-order valence-corrected chi connectivity index (χ4v) is 3.28. The number of benzene rings is 1. The van der Waals surface area contributed by atoms with E-state index in [2.05, 4.69) is 32.7 Å². The maximum absolute atomic E-state index is 10.4. The molecular formula is C15H20BrClN2O. The molecule has 5 heteroatoms. The lowest BCUT2D eigenvalue weighted by Gasteiger charge is -2.36. The van der Waals surface area contributed by atoms with Crippen LogP contribution in [0, 0.1) is 0 Å². The summed E-state index contributed by atoms with van der Waals surface area (Å²) < 4.78 is 0.690. The fraction of sp³-hybridized carbons (Fsp3) is 0.467. The van der Waals surface area contributed by atoms with E-state index in [-0.39, 0.29) is 11.8 Å². The van der Waals surface area contributed by atoms with Crippen molar-refractivity contribution in [2.75, 3.05) is 26.2 Å². The summed E-state index contributed by atoms with van der Waals surface area (Å²) >= 11 is 9.73. The molecule has 2 N–H and O–H groups in total. The van der Waals surface area contributed by atoms with Gasteiger partial charge >= 0.3 is 0 Å². The van der Waals surface area contributed by atoms with Crippen LogP contribution < -0.4 is 5.32 Å². The first-order valence-corrected chi connectivity index (χ1v) is 8.04. The number of phenolic OH excluding ortho intramolecular Hbond substituents is 1. The zero-order chi connectivity index (χ0) is 14.5. The van der Waals surface area contributed by atoms with E-state index in [1.165, 1.54) is 0 Å². The third-order valence-electron chi connectivity index (χ3n) is 3.68. The molecule has 1 atom stereocenters. The Balaban J connectivity index is 2.34. The molecule has 0 aromatic heterocycles. The largest absolute Gasteiger partial charge is 0.506 e. The normalized spacial score (nSPS) is 17.9. The number of aromatic hydroxyl groups is 1. The molecule has 0 spiro atoms. The zero-order valence-electron chi connectivity index (χ0n) is 11.4. The first-order chi connectivity index (χ1) is 9.65. The molecule has 1 saturated heterocycles. The molecule has 20 heavy (non-hydrogen) atoms. The van der Waals surface area contributed by atoms with Crippen LogP contribution in [0.15, 0.2) is 29.3 Å². The summed E-state index contributed by atoms with van der Waals surface area (Å²) in [4.78, 5) is 2.38. The third-order valence-corrected chi connectivity index (χ3v) is 4.65. The van der Waals surface area contributed by atoms with Gasteiger partial charge < -0.3 is 10.4 Å². The maximum atomic E-state index is 10.4. The second kappa shape index (κ2) is 7.46. The number of allylic oxidation sites excluding steroid dienone is 1. The van der Waals surface area contributed by atoms with Gasteiger partial charge in [-0.15, -0.1) is 6.58 Å². The van der Waals surface area contributed by atoms with E-state index in [0.717, 1.165) is 44.6 Å². The van der Waals surface area contributed by atoms with Crippen LogP contribution in [0.3, 0.4) is 0 Å². The zero-order valence-corrected chi connectivity index (χ0v) is 13.8. The molecule has 0 saturated carbocycles. The van der Waals surface area contributed by atoms with Crippen LogP contribution in [0.2, 0.25) is 5.02 Å². The molecule has 1 aliphatic heterocycles. The van der Waals surface area contributed by atoms with Crippen molar-refractivity contribution in [1.29, 1.82) is 0 Å². The molecule has 2 rings (SSSR count). The van der Waals surface area contributed by atoms with Gasteiger partial charge in [0.1, 0.15) is 5.75 Å². The van der Waals surface area contributed by atoms with Crippen molar-refractivity contribution in [3.8, 4) is 5.75 Å². The molecule has 3 nitrogen and oxygen atoms in total. The topological polar surface area (TPSA) is 35.5 Å². The Morgan fingerprint density at radius 2 is 2.15 bits per heavy atom. The van der Waals surface area contributed by atoms with Gasteiger partial charge in [-0.05, 0) is 40.9 Å². The summed E-state index contributed by atoms with van der Waals surface area (Å²) in [6.45, 7) is 7.66. The molecule has 1 aromatic rings. The quantitative estimate of drug-likeness (QED) is 0.787. The Kier molecular flexibility index (Phi) is 5.90. The van der Waals surface area contributed by atoms with Gasteiger partial charge in [0, 0.05) is 42.8 Å². The van der Waals surface area contributed by atoms with Gasteiger partial charge in [-0.1, -0.05) is 17.7 Å². The first-order valence-electron chi connectivity index (χ1n) is 6.87. The Morgan fingerprint density at radius 1 is 1.45 bits per heavy atom. The average Bonchev–Trinajstić information content (AvgIpc) is 2.47. The molecule has 1 aliphatic rings. The second-order valence-corrected chi connectivity index (χ2v) is 6.22. The Bertz CT molecular complexity index is 475. The van der Waals surface area contributed by atoms with Crippen LogP contribution >= 0.6 is 27.5 Å². The lowest BCUT2D eigenvalue weighted by atomic mass is 9.98. The van der Waals surface area contributed by atoms with Crippen LogP contribution in [0.25, 0.3) is 0 Å². The molecule has 0 unspecified atom stereocenters. The lowest BCUT2D eigenvalue weighted by Crippen LogP contribution is -2.45. The monoisotopic (exact) mass is 358 g/mol. The number of piperazine rings is 1. The van der Waals surface area contributed by atoms with Crippen LogP contribution in [-0.2, 0) is 0 Å². The Hall–Kier alpha value is -0.550. The number of rotatable bonds is 5. The molecule has 1 aromatic carbocycles. The minimum Gasteiger partial charge on any atom is -0.506 e. The number of halogens is 2. The molecule has 0 radical (unpaired) electrons. The highest BCUT2D eigenvalue weighted by Crippen LogP contribution is 2.41. The first kappa shape index (κ1) is 15.8. The number of nitrogens with one attached hydrogen (secondary N) is 1. The van der Waals surface area contributed by atoms with Gasteiger partial charge in [0.2, 0.25) is 0 Å². The van der Waals surface area contributed by atoms with E-state index >= 15 is 0 Å². The van der Waals surface area contributed by atoms with E-state index in [9.17, 15) is 5.11 Å². The second-order valence-electron chi connectivity index (χ2n) is 4.96. The minimum absolute atomic E-state index is 0.125. The van der Waals surface area contributed by atoms with Crippen LogP contribution in [0.5, 0.6) is 5.75 Å². The van der Waals surface area contributed by atoms with Crippen LogP contribution in [-0.4, -0.2) is 36.2 Å². The predicted octanol–water partition coefficient (Wildman–Crippen LogP) is 3.72. The molecule has 110 valence electrons. The standard InChI is InChI=1S/C15H20BrClN2O/c1-2-3-4-13(19-9-7-18-8-10-19)14-12(17)6-5-11(16)15(14)20/h2,5-6,13,18,20H,1,3-4,7-10H2/t13-/m0/s1. The maximum Gasteiger partial charge on any atom is 0.136 e. The van der Waals surface area contributed by atoms with Gasteiger partial charge in [0.05, 0.1) is 4.47 Å². The summed E-state index contributed by atoms with van der Waals surface area (Å²) in [5.74, 6) is 0.255. The van der Waals surface area contributed by atoms with Gasteiger partial charge in [0.15, 0.2) is 0 Å². The van der Waals surface area contributed by atoms with E-state index < -0.39 is 0 Å². The molecule has 0 bridgehead atoms. The summed E-state index contributed by atoms with van der Waals surface area (Å²) in [6.07, 6.45) is 3.72.